The summed E-state index contributed by atoms with van der Waals surface area (Å²) in [6, 6.07) is 17.5. The number of aryl methyl sites for hydroxylation is 1. The highest BCUT2D eigenvalue weighted by atomic mass is 16.3. The summed E-state index contributed by atoms with van der Waals surface area (Å²) in [5.41, 5.74) is 4.48. The summed E-state index contributed by atoms with van der Waals surface area (Å²) in [5, 5.41) is 13.3. The lowest BCUT2D eigenvalue weighted by Crippen LogP contribution is -2.24. The monoisotopic (exact) mass is 397 g/mol. The second-order valence-corrected chi connectivity index (χ2v) is 7.13. The zero-order valence-corrected chi connectivity index (χ0v) is 16.6. The van der Waals surface area contributed by atoms with Crippen LogP contribution in [0.1, 0.15) is 27.5 Å². The van der Waals surface area contributed by atoms with Crippen molar-refractivity contribution in [3.8, 4) is 5.69 Å². The van der Waals surface area contributed by atoms with Crippen LogP contribution >= 0.6 is 0 Å². The van der Waals surface area contributed by atoms with Gasteiger partial charge < -0.3 is 9.73 Å². The largest absolute Gasteiger partial charge is 0.461 e. The molecule has 0 spiro atoms. The minimum atomic E-state index is -0.272. The number of pyridine rings is 1. The molecule has 30 heavy (non-hydrogen) atoms. The fourth-order valence-electron chi connectivity index (χ4n) is 3.67. The molecule has 7 heteroatoms. The molecule has 5 rings (SSSR count). The number of carbonyl (C=O) groups is 1. The smallest absolute Gasteiger partial charge is 0.274 e. The van der Waals surface area contributed by atoms with Gasteiger partial charge in [-0.1, -0.05) is 29.5 Å². The third-order valence-electron chi connectivity index (χ3n) is 5.27. The average molecular weight is 397 g/mol. The first-order valence-electron chi connectivity index (χ1n) is 9.64. The summed E-state index contributed by atoms with van der Waals surface area (Å²) in [6.45, 7) is 4.09. The van der Waals surface area contributed by atoms with Crippen LogP contribution in [-0.4, -0.2) is 25.9 Å². The first-order valence-corrected chi connectivity index (χ1v) is 9.64. The van der Waals surface area contributed by atoms with Gasteiger partial charge in [-0.05, 0) is 44.2 Å². The average Bonchev–Trinajstić information content (AvgIpc) is 3.30. The Morgan fingerprint density at radius 2 is 1.97 bits per heavy atom. The summed E-state index contributed by atoms with van der Waals surface area (Å²) in [4.78, 5) is 17.1. The third-order valence-corrected chi connectivity index (χ3v) is 5.27. The van der Waals surface area contributed by atoms with Crippen molar-refractivity contribution in [3.63, 3.8) is 0 Å². The van der Waals surface area contributed by atoms with Gasteiger partial charge in [-0.15, -0.1) is 5.10 Å². The molecule has 0 bridgehead atoms. The first kappa shape index (κ1) is 18.1. The van der Waals surface area contributed by atoms with Crippen LogP contribution in [0.3, 0.4) is 0 Å². The molecule has 0 saturated heterocycles. The molecule has 5 aromatic rings. The van der Waals surface area contributed by atoms with Crippen molar-refractivity contribution < 1.29 is 9.21 Å². The number of hydrogen-bond acceptors (Lipinski definition) is 5. The molecule has 2 aromatic carbocycles. The molecule has 1 amide bonds. The van der Waals surface area contributed by atoms with Crippen molar-refractivity contribution in [1.82, 2.24) is 25.3 Å². The molecule has 0 radical (unpaired) electrons. The zero-order chi connectivity index (χ0) is 20.7. The molecule has 1 N–H and O–H groups in total. The minimum Gasteiger partial charge on any atom is -0.461 e. The number of nitrogens with zero attached hydrogens (tertiary/aromatic N) is 4. The van der Waals surface area contributed by atoms with E-state index in [0.29, 0.717) is 17.9 Å². The van der Waals surface area contributed by atoms with E-state index in [0.717, 1.165) is 38.9 Å². The van der Waals surface area contributed by atoms with Crippen molar-refractivity contribution in [3.05, 3.63) is 83.5 Å². The van der Waals surface area contributed by atoms with Crippen molar-refractivity contribution >= 4 is 27.8 Å². The Labute approximate surface area is 172 Å². The molecule has 148 valence electrons. The second kappa shape index (κ2) is 7.11. The van der Waals surface area contributed by atoms with Crippen LogP contribution in [0.4, 0.5) is 0 Å². The molecular formula is C23H19N5O2. The van der Waals surface area contributed by atoms with Crippen LogP contribution in [-0.2, 0) is 6.54 Å². The van der Waals surface area contributed by atoms with E-state index in [1.54, 1.807) is 10.9 Å². The van der Waals surface area contributed by atoms with E-state index in [1.807, 2.05) is 68.4 Å². The summed E-state index contributed by atoms with van der Waals surface area (Å²) in [5.74, 6) is 0.521. The maximum absolute atomic E-state index is 12.8. The number of nitrogens with one attached hydrogen (secondary N) is 1. The Morgan fingerprint density at radius 1 is 1.10 bits per heavy atom. The van der Waals surface area contributed by atoms with Crippen LogP contribution in [0.5, 0.6) is 0 Å². The van der Waals surface area contributed by atoms with E-state index in [2.05, 4.69) is 20.6 Å². The molecule has 0 aliphatic rings. The summed E-state index contributed by atoms with van der Waals surface area (Å²) in [7, 11) is 0. The van der Waals surface area contributed by atoms with E-state index in [9.17, 15) is 4.79 Å². The zero-order valence-electron chi connectivity index (χ0n) is 16.6. The number of furan rings is 1. The van der Waals surface area contributed by atoms with E-state index in [-0.39, 0.29) is 5.91 Å². The number of rotatable bonds is 4. The van der Waals surface area contributed by atoms with Gasteiger partial charge in [0.2, 0.25) is 0 Å². The van der Waals surface area contributed by atoms with Gasteiger partial charge in [0.15, 0.2) is 5.69 Å². The van der Waals surface area contributed by atoms with Gasteiger partial charge in [0.25, 0.3) is 5.91 Å². The van der Waals surface area contributed by atoms with Crippen LogP contribution < -0.4 is 5.32 Å². The summed E-state index contributed by atoms with van der Waals surface area (Å²) >= 11 is 0. The molecule has 0 aliphatic heterocycles. The Hall–Kier alpha value is -4.00. The number of carbonyl (C=O) groups excluding carboxylic acids is 1. The molecule has 0 aliphatic carbocycles. The van der Waals surface area contributed by atoms with Crippen LogP contribution in [0.2, 0.25) is 0 Å². The Balaban J connectivity index is 1.40. The van der Waals surface area contributed by atoms with Crippen molar-refractivity contribution in [2.24, 2.45) is 0 Å². The van der Waals surface area contributed by atoms with Crippen molar-refractivity contribution in [2.75, 3.05) is 0 Å². The van der Waals surface area contributed by atoms with E-state index >= 15 is 0 Å². The maximum Gasteiger partial charge on any atom is 0.274 e. The van der Waals surface area contributed by atoms with Gasteiger partial charge in [-0.25, -0.2) is 4.68 Å². The minimum absolute atomic E-state index is 0.272. The number of benzene rings is 2. The quantitative estimate of drug-likeness (QED) is 0.493. The van der Waals surface area contributed by atoms with Gasteiger partial charge in [0.1, 0.15) is 11.3 Å². The van der Waals surface area contributed by atoms with Crippen molar-refractivity contribution in [2.45, 2.75) is 20.4 Å². The molecule has 0 saturated carbocycles. The highest BCUT2D eigenvalue weighted by Gasteiger charge is 2.19. The number of aromatic nitrogens is 4. The van der Waals surface area contributed by atoms with Gasteiger partial charge in [-0.2, -0.15) is 0 Å². The van der Waals surface area contributed by atoms with Crippen LogP contribution in [0.15, 0.2) is 65.2 Å². The number of para-hydroxylation sites is 1. The summed E-state index contributed by atoms with van der Waals surface area (Å²) < 4.78 is 7.44. The molecule has 7 nitrogen and oxygen atoms in total. The lowest BCUT2D eigenvalue weighted by Gasteiger charge is -2.06. The molecule has 0 atom stereocenters. The van der Waals surface area contributed by atoms with E-state index in [4.69, 9.17) is 4.42 Å². The van der Waals surface area contributed by atoms with Crippen LogP contribution in [0, 0.1) is 13.8 Å². The highest BCUT2D eigenvalue weighted by molar-refractivity contribution is 5.93. The molecule has 0 fully saturated rings. The van der Waals surface area contributed by atoms with Gasteiger partial charge in [0, 0.05) is 29.1 Å². The lowest BCUT2D eigenvalue weighted by atomic mass is 10.1. The SMILES string of the molecule is Cc1oc2ccccc2c1CNC(=O)c1nnn(-c2ccc3ncccc3c2)c1C. The standard InChI is InChI=1S/C23H19N5O2/c1-14-22(23(29)25-13-19-15(2)30-21-8-4-3-7-18(19)21)26-27-28(14)17-9-10-20-16(12-17)6-5-11-24-20/h3-12H,13H2,1-2H3,(H,25,29). The molecule has 3 heterocycles. The third kappa shape index (κ3) is 3.00. The maximum atomic E-state index is 12.8. The predicted octanol–water partition coefficient (Wildman–Crippen LogP) is 4.11. The van der Waals surface area contributed by atoms with Gasteiger partial charge in [-0.3, -0.25) is 9.78 Å². The Bertz CT molecular complexity index is 1400. The van der Waals surface area contributed by atoms with Gasteiger partial charge >= 0.3 is 0 Å². The highest BCUT2D eigenvalue weighted by Crippen LogP contribution is 2.25. The first-order chi connectivity index (χ1) is 14.6. The number of fused-ring (bicyclic) bond motifs is 2. The lowest BCUT2D eigenvalue weighted by molar-refractivity contribution is 0.0945. The van der Waals surface area contributed by atoms with Crippen molar-refractivity contribution in [1.29, 1.82) is 0 Å². The number of hydrogen-bond donors (Lipinski definition) is 1. The Morgan fingerprint density at radius 3 is 2.87 bits per heavy atom. The van der Waals surface area contributed by atoms with E-state index < -0.39 is 0 Å². The number of amides is 1. The predicted molar refractivity (Wildman–Crippen MR) is 114 cm³/mol. The molecular weight excluding hydrogens is 378 g/mol. The fraction of sp³-hybridized carbons (Fsp3) is 0.130. The summed E-state index contributed by atoms with van der Waals surface area (Å²) in [6.07, 6.45) is 1.76. The molecule has 0 unspecified atom stereocenters. The topological polar surface area (TPSA) is 85.8 Å². The molecule has 3 aromatic heterocycles. The van der Waals surface area contributed by atoms with Crippen LogP contribution in [0.25, 0.3) is 27.6 Å². The Kier molecular flexibility index (Phi) is 4.28. The van der Waals surface area contributed by atoms with E-state index in [1.165, 1.54) is 0 Å². The second-order valence-electron chi connectivity index (χ2n) is 7.13. The van der Waals surface area contributed by atoms with Gasteiger partial charge in [0.05, 0.1) is 16.9 Å². The normalized spacial score (nSPS) is 11.3. The fourth-order valence-corrected chi connectivity index (χ4v) is 3.67.